The molecule has 0 heterocycles. The van der Waals surface area contributed by atoms with E-state index in [-0.39, 0.29) is 12.5 Å². The fourth-order valence-electron chi connectivity index (χ4n) is 2.41. The highest BCUT2D eigenvalue weighted by Crippen LogP contribution is 2.33. The Morgan fingerprint density at radius 1 is 1.37 bits per heavy atom. The molecule has 2 atom stereocenters. The zero-order chi connectivity index (χ0) is 14.5. The normalized spacial score (nSPS) is 15.6. The van der Waals surface area contributed by atoms with Crippen LogP contribution in [-0.4, -0.2) is 19.6 Å². The van der Waals surface area contributed by atoms with Gasteiger partial charge >= 0.3 is 5.97 Å². The first-order chi connectivity index (χ1) is 9.00. The summed E-state index contributed by atoms with van der Waals surface area (Å²) >= 11 is 0. The highest BCUT2D eigenvalue weighted by molar-refractivity contribution is 5.83. The summed E-state index contributed by atoms with van der Waals surface area (Å²) in [6, 6.07) is 8.00. The van der Waals surface area contributed by atoms with Crippen molar-refractivity contribution in [1.29, 1.82) is 0 Å². The second kappa shape index (κ2) is 6.71. The number of carbonyl (C=O) groups is 1. The minimum atomic E-state index is -0.724. The molecular formula is C16H25NO2. The summed E-state index contributed by atoms with van der Waals surface area (Å²) in [7, 11) is 1.43. The van der Waals surface area contributed by atoms with Crippen molar-refractivity contribution in [1.82, 2.24) is 0 Å². The minimum Gasteiger partial charge on any atom is -0.468 e. The van der Waals surface area contributed by atoms with Gasteiger partial charge in [0.15, 0.2) is 0 Å². The van der Waals surface area contributed by atoms with Crippen LogP contribution in [0, 0.1) is 12.8 Å². The Labute approximate surface area is 116 Å². The molecule has 19 heavy (non-hydrogen) atoms. The van der Waals surface area contributed by atoms with Gasteiger partial charge in [-0.1, -0.05) is 50.1 Å². The second-order valence-electron chi connectivity index (χ2n) is 5.36. The maximum atomic E-state index is 12.3. The number of aryl methyl sites for hydroxylation is 1. The number of esters is 1. The summed E-state index contributed by atoms with van der Waals surface area (Å²) in [5.74, 6) is 0.183. The fraction of sp³-hybridized carbons (Fsp3) is 0.562. The summed E-state index contributed by atoms with van der Waals surface area (Å²) in [4.78, 5) is 12.3. The molecule has 1 aromatic carbocycles. The van der Waals surface area contributed by atoms with Gasteiger partial charge in [0.1, 0.15) is 5.41 Å². The Bertz CT molecular complexity index is 413. The number of nitrogens with two attached hydrogens (primary N) is 1. The smallest absolute Gasteiger partial charge is 0.317 e. The molecule has 0 radical (unpaired) electrons. The Balaban J connectivity index is 3.23. The lowest BCUT2D eigenvalue weighted by Crippen LogP contribution is -2.45. The van der Waals surface area contributed by atoms with Crippen LogP contribution in [0.25, 0.3) is 0 Å². The summed E-state index contributed by atoms with van der Waals surface area (Å²) < 4.78 is 5.02. The molecule has 1 aromatic rings. The molecule has 0 aliphatic carbocycles. The van der Waals surface area contributed by atoms with Crippen molar-refractivity contribution in [2.75, 3.05) is 13.7 Å². The van der Waals surface area contributed by atoms with Crippen LogP contribution in [0.2, 0.25) is 0 Å². The van der Waals surface area contributed by atoms with Crippen LogP contribution in [0.15, 0.2) is 24.3 Å². The lowest BCUT2D eigenvalue weighted by atomic mass is 9.73. The van der Waals surface area contributed by atoms with Gasteiger partial charge in [-0.05, 0) is 24.8 Å². The topological polar surface area (TPSA) is 52.3 Å². The SMILES string of the molecule is CCC(C)CC(CN)(C(=O)OC)c1ccc(C)cc1. The fourth-order valence-corrected chi connectivity index (χ4v) is 2.41. The number of hydrogen-bond donors (Lipinski definition) is 1. The number of ether oxygens (including phenoxy) is 1. The van der Waals surface area contributed by atoms with E-state index in [1.54, 1.807) is 0 Å². The van der Waals surface area contributed by atoms with E-state index in [0.717, 1.165) is 18.4 Å². The summed E-state index contributed by atoms with van der Waals surface area (Å²) in [5.41, 5.74) is 7.35. The predicted molar refractivity (Wildman–Crippen MR) is 78.0 cm³/mol. The quantitative estimate of drug-likeness (QED) is 0.803. The van der Waals surface area contributed by atoms with Crippen LogP contribution < -0.4 is 5.73 Å². The van der Waals surface area contributed by atoms with Gasteiger partial charge in [-0.2, -0.15) is 0 Å². The molecule has 0 saturated carbocycles. The highest BCUT2D eigenvalue weighted by Gasteiger charge is 2.41. The zero-order valence-electron chi connectivity index (χ0n) is 12.4. The van der Waals surface area contributed by atoms with E-state index in [9.17, 15) is 4.79 Å². The number of hydrogen-bond acceptors (Lipinski definition) is 3. The van der Waals surface area contributed by atoms with Crippen LogP contribution in [-0.2, 0) is 14.9 Å². The van der Waals surface area contributed by atoms with Gasteiger partial charge in [-0.15, -0.1) is 0 Å². The molecular weight excluding hydrogens is 238 g/mol. The average Bonchev–Trinajstić information content (AvgIpc) is 2.44. The van der Waals surface area contributed by atoms with Gasteiger partial charge in [-0.25, -0.2) is 0 Å². The van der Waals surface area contributed by atoms with Gasteiger partial charge in [0.2, 0.25) is 0 Å². The van der Waals surface area contributed by atoms with E-state index in [0.29, 0.717) is 5.92 Å². The van der Waals surface area contributed by atoms with Crippen molar-refractivity contribution in [2.24, 2.45) is 11.7 Å². The molecule has 3 nitrogen and oxygen atoms in total. The third kappa shape index (κ3) is 3.35. The molecule has 106 valence electrons. The van der Waals surface area contributed by atoms with Crippen LogP contribution in [0.1, 0.15) is 37.8 Å². The lowest BCUT2D eigenvalue weighted by Gasteiger charge is -2.32. The first-order valence-electron chi connectivity index (χ1n) is 6.85. The van der Waals surface area contributed by atoms with Crippen molar-refractivity contribution in [2.45, 2.75) is 39.0 Å². The monoisotopic (exact) mass is 263 g/mol. The molecule has 0 aromatic heterocycles. The Morgan fingerprint density at radius 2 is 1.95 bits per heavy atom. The Morgan fingerprint density at radius 3 is 2.37 bits per heavy atom. The van der Waals surface area contributed by atoms with Gasteiger partial charge in [0, 0.05) is 6.54 Å². The minimum absolute atomic E-state index is 0.237. The molecule has 3 heteroatoms. The zero-order valence-corrected chi connectivity index (χ0v) is 12.4. The van der Waals surface area contributed by atoms with Gasteiger partial charge < -0.3 is 10.5 Å². The molecule has 1 rings (SSSR count). The largest absolute Gasteiger partial charge is 0.468 e. The molecule has 0 fully saturated rings. The molecule has 0 aliphatic rings. The van der Waals surface area contributed by atoms with Gasteiger partial charge in [0.25, 0.3) is 0 Å². The van der Waals surface area contributed by atoms with E-state index in [4.69, 9.17) is 10.5 Å². The van der Waals surface area contributed by atoms with Crippen molar-refractivity contribution >= 4 is 5.97 Å². The Kier molecular flexibility index (Phi) is 5.55. The van der Waals surface area contributed by atoms with Crippen LogP contribution in [0.4, 0.5) is 0 Å². The van der Waals surface area contributed by atoms with E-state index >= 15 is 0 Å². The van der Waals surface area contributed by atoms with Gasteiger partial charge in [0.05, 0.1) is 7.11 Å². The molecule has 2 unspecified atom stereocenters. The maximum absolute atomic E-state index is 12.3. The van der Waals surface area contributed by atoms with Crippen molar-refractivity contribution < 1.29 is 9.53 Å². The summed E-state index contributed by atoms with van der Waals surface area (Å²) in [6.45, 7) is 6.56. The maximum Gasteiger partial charge on any atom is 0.317 e. The summed E-state index contributed by atoms with van der Waals surface area (Å²) in [5, 5.41) is 0. The number of carbonyl (C=O) groups excluding carboxylic acids is 1. The van der Waals surface area contributed by atoms with Crippen molar-refractivity contribution in [3.63, 3.8) is 0 Å². The number of methoxy groups -OCH3 is 1. The highest BCUT2D eigenvalue weighted by atomic mass is 16.5. The number of rotatable bonds is 6. The molecule has 0 amide bonds. The predicted octanol–water partition coefficient (Wildman–Crippen LogP) is 2.80. The first kappa shape index (κ1) is 15.7. The van der Waals surface area contributed by atoms with Crippen LogP contribution in [0.3, 0.4) is 0 Å². The number of benzene rings is 1. The van der Waals surface area contributed by atoms with Crippen LogP contribution >= 0.6 is 0 Å². The first-order valence-corrected chi connectivity index (χ1v) is 6.85. The lowest BCUT2D eigenvalue weighted by molar-refractivity contribution is -0.148. The summed E-state index contributed by atoms with van der Waals surface area (Å²) in [6.07, 6.45) is 1.74. The third-order valence-corrected chi connectivity index (χ3v) is 3.92. The average molecular weight is 263 g/mol. The molecule has 0 bridgehead atoms. The molecule has 0 saturated heterocycles. The standard InChI is InChI=1S/C16H25NO2/c1-5-12(2)10-16(11-17,15(18)19-4)14-8-6-13(3)7-9-14/h6-9,12H,5,10-11,17H2,1-4H3. The Hall–Kier alpha value is -1.35. The van der Waals surface area contributed by atoms with E-state index in [1.165, 1.54) is 12.7 Å². The molecule has 0 spiro atoms. The molecule has 0 aliphatic heterocycles. The van der Waals surface area contributed by atoms with E-state index in [1.807, 2.05) is 31.2 Å². The van der Waals surface area contributed by atoms with Crippen molar-refractivity contribution in [3.05, 3.63) is 35.4 Å². The third-order valence-electron chi connectivity index (χ3n) is 3.92. The van der Waals surface area contributed by atoms with E-state index in [2.05, 4.69) is 13.8 Å². The van der Waals surface area contributed by atoms with Crippen LogP contribution in [0.5, 0.6) is 0 Å². The molecule has 2 N–H and O–H groups in total. The van der Waals surface area contributed by atoms with E-state index < -0.39 is 5.41 Å². The van der Waals surface area contributed by atoms with Gasteiger partial charge in [-0.3, -0.25) is 4.79 Å². The second-order valence-corrected chi connectivity index (χ2v) is 5.36. The van der Waals surface area contributed by atoms with Crippen molar-refractivity contribution in [3.8, 4) is 0 Å².